The number of hydrogen-bond acceptors (Lipinski definition) is 2. The normalized spacial score (nSPS) is 11.9. The molecular weight excluding hydrogens is 341 g/mol. The summed E-state index contributed by atoms with van der Waals surface area (Å²) in [5.41, 5.74) is 7.37. The first-order chi connectivity index (χ1) is 6.79. The molecule has 0 saturated heterocycles. The van der Waals surface area contributed by atoms with E-state index in [2.05, 4.69) is 46.2 Å². The summed E-state index contributed by atoms with van der Waals surface area (Å²) in [7, 11) is 0. The Bertz CT molecular complexity index is 416. The highest BCUT2D eigenvalue weighted by Crippen LogP contribution is 2.26. The molecule has 0 unspecified atom stereocenters. The lowest BCUT2D eigenvalue weighted by Gasteiger charge is -2.11. The maximum absolute atomic E-state index is 6.17. The number of hydrogen-bond donors (Lipinski definition) is 1. The van der Waals surface area contributed by atoms with Gasteiger partial charge in [0.05, 0.1) is 6.04 Å². The van der Waals surface area contributed by atoms with Gasteiger partial charge in [-0.1, -0.05) is 24.3 Å². The van der Waals surface area contributed by atoms with Crippen LogP contribution in [0.5, 0.6) is 0 Å². The summed E-state index contributed by atoms with van der Waals surface area (Å²) in [6, 6.07) is 12.4. The fraction of sp³-hybridized carbons (Fsp3) is 0.0909. The standard InChI is InChI=1S/C11H10INS.ClH/c12-9-5-2-1-4-8(9)11(13)10-6-3-7-14-10;/h1-7,11H,13H2;1H/t11-;/m1./s1. The van der Waals surface area contributed by atoms with Gasteiger partial charge in [0.1, 0.15) is 0 Å². The van der Waals surface area contributed by atoms with Gasteiger partial charge in [-0.3, -0.25) is 0 Å². The van der Waals surface area contributed by atoms with Gasteiger partial charge < -0.3 is 5.73 Å². The summed E-state index contributed by atoms with van der Waals surface area (Å²) in [5.74, 6) is 0. The Morgan fingerprint density at radius 3 is 2.47 bits per heavy atom. The Balaban J connectivity index is 0.00000112. The van der Waals surface area contributed by atoms with Gasteiger partial charge in [0, 0.05) is 8.45 Å². The Labute approximate surface area is 113 Å². The van der Waals surface area contributed by atoms with Crippen molar-refractivity contribution in [2.24, 2.45) is 5.73 Å². The van der Waals surface area contributed by atoms with Crippen molar-refractivity contribution in [3.8, 4) is 0 Å². The molecule has 15 heavy (non-hydrogen) atoms. The number of thiophene rings is 1. The molecule has 0 radical (unpaired) electrons. The molecule has 80 valence electrons. The van der Waals surface area contributed by atoms with Crippen molar-refractivity contribution < 1.29 is 0 Å². The first-order valence-corrected chi connectivity index (χ1v) is 6.28. The molecule has 0 bridgehead atoms. The van der Waals surface area contributed by atoms with Crippen molar-refractivity contribution in [1.29, 1.82) is 0 Å². The van der Waals surface area contributed by atoms with E-state index in [4.69, 9.17) is 5.73 Å². The van der Waals surface area contributed by atoms with Gasteiger partial charge in [-0.2, -0.15) is 0 Å². The van der Waals surface area contributed by atoms with E-state index in [9.17, 15) is 0 Å². The lowest BCUT2D eigenvalue weighted by atomic mass is 10.1. The molecule has 1 atom stereocenters. The van der Waals surface area contributed by atoms with E-state index in [0.717, 1.165) is 0 Å². The smallest absolute Gasteiger partial charge is 0.0656 e. The van der Waals surface area contributed by atoms with Gasteiger partial charge in [-0.25, -0.2) is 0 Å². The average molecular weight is 352 g/mol. The van der Waals surface area contributed by atoms with E-state index in [1.807, 2.05) is 18.2 Å². The van der Waals surface area contributed by atoms with Gasteiger partial charge in [0.15, 0.2) is 0 Å². The van der Waals surface area contributed by atoms with Gasteiger partial charge >= 0.3 is 0 Å². The zero-order chi connectivity index (χ0) is 9.97. The molecule has 2 aromatic rings. The molecule has 2 N–H and O–H groups in total. The molecule has 0 spiro atoms. The third-order valence-electron chi connectivity index (χ3n) is 2.09. The van der Waals surface area contributed by atoms with Crippen molar-refractivity contribution in [2.75, 3.05) is 0 Å². The minimum absolute atomic E-state index is 0. The third kappa shape index (κ3) is 2.93. The molecule has 2 rings (SSSR count). The molecule has 1 aromatic carbocycles. The van der Waals surface area contributed by atoms with Gasteiger partial charge in [-0.05, 0) is 45.7 Å². The van der Waals surface area contributed by atoms with Gasteiger partial charge in [0.25, 0.3) is 0 Å². The molecule has 0 aliphatic rings. The fourth-order valence-electron chi connectivity index (χ4n) is 1.35. The van der Waals surface area contributed by atoms with Crippen LogP contribution in [0.3, 0.4) is 0 Å². The van der Waals surface area contributed by atoms with Crippen molar-refractivity contribution in [3.05, 3.63) is 55.8 Å². The lowest BCUT2D eigenvalue weighted by molar-refractivity contribution is 0.887. The summed E-state index contributed by atoms with van der Waals surface area (Å²) in [5, 5.41) is 2.06. The second-order valence-electron chi connectivity index (χ2n) is 3.01. The first-order valence-electron chi connectivity index (χ1n) is 4.32. The maximum atomic E-state index is 6.17. The van der Waals surface area contributed by atoms with Crippen molar-refractivity contribution in [2.45, 2.75) is 6.04 Å². The molecule has 0 aliphatic carbocycles. The first kappa shape index (κ1) is 13.0. The SMILES string of the molecule is Cl.N[C@@H](c1cccs1)c1ccccc1I. The quantitative estimate of drug-likeness (QED) is 0.818. The molecule has 0 aliphatic heterocycles. The third-order valence-corrected chi connectivity index (χ3v) is 4.03. The van der Waals surface area contributed by atoms with Crippen LogP contribution in [0.4, 0.5) is 0 Å². The van der Waals surface area contributed by atoms with E-state index in [0.29, 0.717) is 0 Å². The van der Waals surface area contributed by atoms with Crippen LogP contribution < -0.4 is 5.73 Å². The van der Waals surface area contributed by atoms with Crippen LogP contribution in [-0.2, 0) is 0 Å². The van der Waals surface area contributed by atoms with Crippen LogP contribution >= 0.6 is 46.3 Å². The Kier molecular flexibility index (Phi) is 5.05. The molecule has 1 aromatic heterocycles. The number of benzene rings is 1. The highest BCUT2D eigenvalue weighted by Gasteiger charge is 2.11. The van der Waals surface area contributed by atoms with Crippen LogP contribution in [0, 0.1) is 3.57 Å². The topological polar surface area (TPSA) is 26.0 Å². The predicted molar refractivity (Wildman–Crippen MR) is 76.8 cm³/mol. The zero-order valence-electron chi connectivity index (χ0n) is 7.89. The van der Waals surface area contributed by atoms with Crippen LogP contribution in [0.1, 0.15) is 16.5 Å². The molecule has 1 nitrogen and oxygen atoms in total. The summed E-state index contributed by atoms with van der Waals surface area (Å²) in [6.45, 7) is 0. The summed E-state index contributed by atoms with van der Waals surface area (Å²) < 4.78 is 1.23. The lowest BCUT2D eigenvalue weighted by Crippen LogP contribution is -2.11. The highest BCUT2D eigenvalue weighted by molar-refractivity contribution is 14.1. The number of nitrogens with two attached hydrogens (primary N) is 1. The molecular formula is C11H11ClINS. The van der Waals surface area contributed by atoms with Crippen LogP contribution in [0.2, 0.25) is 0 Å². The highest BCUT2D eigenvalue weighted by atomic mass is 127. The van der Waals surface area contributed by atoms with E-state index in [1.165, 1.54) is 14.0 Å². The zero-order valence-corrected chi connectivity index (χ0v) is 11.7. The monoisotopic (exact) mass is 351 g/mol. The van der Waals surface area contributed by atoms with Crippen molar-refractivity contribution in [1.82, 2.24) is 0 Å². The summed E-state index contributed by atoms with van der Waals surface area (Å²) >= 11 is 4.03. The molecule has 0 fully saturated rings. The molecule has 1 heterocycles. The van der Waals surface area contributed by atoms with Gasteiger partial charge in [-0.15, -0.1) is 23.7 Å². The summed E-state index contributed by atoms with van der Waals surface area (Å²) in [6.07, 6.45) is 0. The molecule has 4 heteroatoms. The van der Waals surface area contributed by atoms with Crippen LogP contribution in [0.15, 0.2) is 41.8 Å². The second-order valence-corrected chi connectivity index (χ2v) is 5.16. The minimum atomic E-state index is 0. The van der Waals surface area contributed by atoms with Crippen LogP contribution in [0.25, 0.3) is 0 Å². The van der Waals surface area contributed by atoms with E-state index in [1.54, 1.807) is 11.3 Å². The van der Waals surface area contributed by atoms with Crippen molar-refractivity contribution in [3.63, 3.8) is 0 Å². The Hall–Kier alpha value is -0.100. The fourth-order valence-corrected chi connectivity index (χ4v) is 2.82. The number of halogens is 2. The minimum Gasteiger partial charge on any atom is -0.320 e. The van der Waals surface area contributed by atoms with Crippen molar-refractivity contribution >= 4 is 46.3 Å². The molecule has 0 saturated carbocycles. The number of rotatable bonds is 2. The summed E-state index contributed by atoms with van der Waals surface area (Å²) in [4.78, 5) is 1.22. The second kappa shape index (κ2) is 5.84. The largest absolute Gasteiger partial charge is 0.320 e. The van der Waals surface area contributed by atoms with E-state index < -0.39 is 0 Å². The Morgan fingerprint density at radius 1 is 1.13 bits per heavy atom. The predicted octanol–water partition coefficient (Wildman–Crippen LogP) is 3.82. The average Bonchev–Trinajstić information content (AvgIpc) is 2.70. The Morgan fingerprint density at radius 2 is 1.87 bits per heavy atom. The van der Waals surface area contributed by atoms with Gasteiger partial charge in [0.2, 0.25) is 0 Å². The van der Waals surface area contributed by atoms with E-state index >= 15 is 0 Å². The van der Waals surface area contributed by atoms with Crippen LogP contribution in [-0.4, -0.2) is 0 Å². The molecule has 0 amide bonds. The van der Waals surface area contributed by atoms with E-state index in [-0.39, 0.29) is 18.4 Å². The maximum Gasteiger partial charge on any atom is 0.0656 e.